The number of nitrogens with one attached hydrogen (secondary N) is 1. The Morgan fingerprint density at radius 1 is 1.24 bits per heavy atom. The third-order valence-electron chi connectivity index (χ3n) is 4.89. The average molecular weight is 297 g/mol. The van der Waals surface area contributed by atoms with E-state index in [2.05, 4.69) is 44.8 Å². The first-order chi connectivity index (χ1) is 9.54. The third kappa shape index (κ3) is 5.59. The molecule has 1 saturated heterocycles. The van der Waals surface area contributed by atoms with Crippen molar-refractivity contribution in [3.8, 4) is 0 Å². The number of likely N-dealkylation sites (tertiary alicyclic amines) is 1. The highest BCUT2D eigenvalue weighted by Crippen LogP contribution is 2.34. The first-order valence-electron chi connectivity index (χ1n) is 8.34. The number of carbonyl (C=O) groups is 1. The van der Waals surface area contributed by atoms with E-state index in [-0.39, 0.29) is 11.9 Å². The van der Waals surface area contributed by atoms with Crippen molar-refractivity contribution in [3.05, 3.63) is 0 Å². The van der Waals surface area contributed by atoms with E-state index in [9.17, 15) is 4.79 Å². The van der Waals surface area contributed by atoms with Gasteiger partial charge in [0.2, 0.25) is 5.91 Å². The summed E-state index contributed by atoms with van der Waals surface area (Å²) in [4.78, 5) is 14.2. The molecule has 4 heteroatoms. The van der Waals surface area contributed by atoms with Crippen molar-refractivity contribution >= 4 is 5.91 Å². The van der Waals surface area contributed by atoms with Crippen LogP contribution in [-0.2, 0) is 4.79 Å². The average Bonchev–Trinajstić information content (AvgIpc) is 2.35. The highest BCUT2D eigenvalue weighted by atomic mass is 16.1. The maximum atomic E-state index is 11.8. The van der Waals surface area contributed by atoms with Crippen molar-refractivity contribution in [2.75, 3.05) is 19.6 Å². The van der Waals surface area contributed by atoms with E-state index in [4.69, 9.17) is 5.73 Å². The number of piperidine rings is 1. The molecule has 0 aromatic carbocycles. The van der Waals surface area contributed by atoms with Crippen LogP contribution in [0.2, 0.25) is 0 Å². The largest absolute Gasteiger partial charge is 0.368 e. The molecule has 1 aliphatic rings. The Bertz CT molecular complexity index is 340. The van der Waals surface area contributed by atoms with Gasteiger partial charge in [-0.2, -0.15) is 0 Å². The van der Waals surface area contributed by atoms with Gasteiger partial charge < -0.3 is 16.0 Å². The maximum absolute atomic E-state index is 11.8. The van der Waals surface area contributed by atoms with Gasteiger partial charge >= 0.3 is 0 Å². The van der Waals surface area contributed by atoms with Crippen LogP contribution < -0.4 is 11.1 Å². The first kappa shape index (κ1) is 18.4. The Hall–Kier alpha value is -0.610. The van der Waals surface area contributed by atoms with E-state index in [1.807, 2.05) is 6.92 Å². The SMILES string of the molecule is CC(C)NC(C)(CCN1CCC(C(C)(C)C)CC1)C(N)=O. The smallest absolute Gasteiger partial charge is 0.237 e. The predicted molar refractivity (Wildman–Crippen MR) is 89.1 cm³/mol. The molecule has 0 saturated carbocycles. The number of hydrogen-bond acceptors (Lipinski definition) is 3. The molecular weight excluding hydrogens is 262 g/mol. The van der Waals surface area contributed by atoms with Crippen LogP contribution in [-0.4, -0.2) is 42.0 Å². The molecule has 1 fully saturated rings. The van der Waals surface area contributed by atoms with E-state index >= 15 is 0 Å². The van der Waals surface area contributed by atoms with Gasteiger partial charge in [0.1, 0.15) is 0 Å². The van der Waals surface area contributed by atoms with Gasteiger partial charge in [0.25, 0.3) is 0 Å². The van der Waals surface area contributed by atoms with Gasteiger partial charge in [-0.1, -0.05) is 20.8 Å². The number of carbonyl (C=O) groups excluding carboxylic acids is 1. The van der Waals surface area contributed by atoms with Crippen molar-refractivity contribution in [3.63, 3.8) is 0 Å². The molecule has 0 aromatic rings. The Labute approximate surface area is 130 Å². The van der Waals surface area contributed by atoms with Gasteiger partial charge in [0, 0.05) is 12.6 Å². The second kappa shape index (κ2) is 7.10. The van der Waals surface area contributed by atoms with Crippen molar-refractivity contribution < 1.29 is 4.79 Å². The summed E-state index contributed by atoms with van der Waals surface area (Å²) in [5.74, 6) is 0.561. The zero-order valence-electron chi connectivity index (χ0n) is 14.8. The fourth-order valence-corrected chi connectivity index (χ4v) is 3.31. The van der Waals surface area contributed by atoms with Gasteiger partial charge in [-0.25, -0.2) is 0 Å². The maximum Gasteiger partial charge on any atom is 0.237 e. The van der Waals surface area contributed by atoms with E-state index in [0.29, 0.717) is 5.41 Å². The number of amides is 1. The van der Waals surface area contributed by atoms with Crippen LogP contribution >= 0.6 is 0 Å². The molecule has 0 aliphatic carbocycles. The van der Waals surface area contributed by atoms with Gasteiger partial charge in [-0.15, -0.1) is 0 Å². The Morgan fingerprint density at radius 2 is 1.76 bits per heavy atom. The molecule has 0 aromatic heterocycles. The van der Waals surface area contributed by atoms with Crippen LogP contribution in [0.15, 0.2) is 0 Å². The summed E-state index contributed by atoms with van der Waals surface area (Å²) in [5, 5.41) is 3.33. The molecule has 1 aliphatic heterocycles. The summed E-state index contributed by atoms with van der Waals surface area (Å²) < 4.78 is 0. The zero-order chi connectivity index (χ0) is 16.3. The monoisotopic (exact) mass is 297 g/mol. The molecule has 1 rings (SSSR count). The minimum Gasteiger partial charge on any atom is -0.368 e. The quantitative estimate of drug-likeness (QED) is 0.791. The molecule has 4 nitrogen and oxygen atoms in total. The fourth-order valence-electron chi connectivity index (χ4n) is 3.31. The number of nitrogens with two attached hydrogens (primary N) is 1. The van der Waals surface area contributed by atoms with Crippen LogP contribution in [0.25, 0.3) is 0 Å². The van der Waals surface area contributed by atoms with Gasteiger partial charge in [0.15, 0.2) is 0 Å². The third-order valence-corrected chi connectivity index (χ3v) is 4.89. The highest BCUT2D eigenvalue weighted by molar-refractivity contribution is 5.84. The Morgan fingerprint density at radius 3 is 2.14 bits per heavy atom. The minimum atomic E-state index is -0.602. The van der Waals surface area contributed by atoms with E-state index in [1.54, 1.807) is 0 Å². The lowest BCUT2D eigenvalue weighted by atomic mass is 9.75. The normalized spacial score (nSPS) is 21.5. The minimum absolute atomic E-state index is 0.249. The standard InChI is InChI=1S/C17H35N3O/c1-13(2)19-17(6,15(18)21)9-12-20-10-7-14(8-11-20)16(3,4)5/h13-14,19H,7-12H2,1-6H3,(H2,18,21). The molecular formula is C17H35N3O. The van der Waals surface area contributed by atoms with E-state index < -0.39 is 5.54 Å². The van der Waals surface area contributed by atoms with Crippen LogP contribution in [0.4, 0.5) is 0 Å². The number of rotatable bonds is 6. The van der Waals surface area contributed by atoms with Gasteiger partial charge in [-0.3, -0.25) is 4.79 Å². The van der Waals surface area contributed by atoms with Crippen LogP contribution in [0.3, 0.4) is 0 Å². The number of nitrogens with zero attached hydrogens (tertiary/aromatic N) is 1. The lowest BCUT2D eigenvalue weighted by Crippen LogP contribution is -2.57. The highest BCUT2D eigenvalue weighted by Gasteiger charge is 2.33. The first-order valence-corrected chi connectivity index (χ1v) is 8.34. The predicted octanol–water partition coefficient (Wildman–Crippen LogP) is 2.38. The lowest BCUT2D eigenvalue weighted by molar-refractivity contribution is -0.124. The van der Waals surface area contributed by atoms with Crippen molar-refractivity contribution in [2.24, 2.45) is 17.1 Å². The molecule has 0 bridgehead atoms. The summed E-state index contributed by atoms with van der Waals surface area (Å²) in [6.07, 6.45) is 3.30. The van der Waals surface area contributed by atoms with E-state index in [0.717, 1.165) is 32.0 Å². The van der Waals surface area contributed by atoms with Crippen molar-refractivity contribution in [2.45, 2.75) is 72.4 Å². The molecule has 1 atom stereocenters. The summed E-state index contributed by atoms with van der Waals surface area (Å²) in [7, 11) is 0. The van der Waals surface area contributed by atoms with Crippen LogP contribution in [0.5, 0.6) is 0 Å². The number of primary amides is 1. The molecule has 1 heterocycles. The van der Waals surface area contributed by atoms with Gasteiger partial charge in [0.05, 0.1) is 5.54 Å². The molecule has 1 amide bonds. The van der Waals surface area contributed by atoms with Crippen molar-refractivity contribution in [1.29, 1.82) is 0 Å². The Kier molecular flexibility index (Phi) is 6.23. The molecule has 124 valence electrons. The lowest BCUT2D eigenvalue weighted by Gasteiger charge is -2.40. The van der Waals surface area contributed by atoms with Crippen molar-refractivity contribution in [1.82, 2.24) is 10.2 Å². The summed E-state index contributed by atoms with van der Waals surface area (Å²) in [6.45, 7) is 16.3. The van der Waals surface area contributed by atoms with E-state index in [1.165, 1.54) is 12.8 Å². The Balaban J connectivity index is 2.47. The molecule has 0 spiro atoms. The summed E-state index contributed by atoms with van der Waals surface area (Å²) in [6, 6.07) is 0.258. The summed E-state index contributed by atoms with van der Waals surface area (Å²) in [5.41, 5.74) is 5.40. The second-order valence-corrected chi connectivity index (χ2v) is 8.23. The second-order valence-electron chi connectivity index (χ2n) is 8.23. The van der Waals surface area contributed by atoms with Crippen LogP contribution in [0.1, 0.15) is 60.8 Å². The summed E-state index contributed by atoms with van der Waals surface area (Å²) >= 11 is 0. The van der Waals surface area contributed by atoms with Gasteiger partial charge in [-0.05, 0) is 64.5 Å². The van der Waals surface area contributed by atoms with Crippen LogP contribution in [0, 0.1) is 11.3 Å². The topological polar surface area (TPSA) is 58.4 Å². The number of hydrogen-bond donors (Lipinski definition) is 2. The fraction of sp³-hybridized carbons (Fsp3) is 0.941. The molecule has 3 N–H and O–H groups in total. The molecule has 1 unspecified atom stereocenters. The zero-order valence-corrected chi connectivity index (χ0v) is 14.8. The molecule has 0 radical (unpaired) electrons. The molecule has 21 heavy (non-hydrogen) atoms.